The molecule has 0 aliphatic heterocycles. The summed E-state index contributed by atoms with van der Waals surface area (Å²) in [5.74, 6) is -0.186. The minimum Gasteiger partial charge on any atom is -0.496 e. The lowest BCUT2D eigenvalue weighted by Crippen LogP contribution is -2.33. The quantitative estimate of drug-likeness (QED) is 0.771. The van der Waals surface area contributed by atoms with Gasteiger partial charge < -0.3 is 15.2 Å². The van der Waals surface area contributed by atoms with Gasteiger partial charge in [-0.3, -0.25) is 9.59 Å². The SMILES string of the molecule is COc1ccc(C)cc1CC(=O)NC(C)CCCC(=O)O. The summed E-state index contributed by atoms with van der Waals surface area (Å²) in [6.45, 7) is 3.85. The molecule has 5 heteroatoms. The number of ether oxygens (including phenoxy) is 1. The van der Waals surface area contributed by atoms with Gasteiger partial charge in [0, 0.05) is 18.0 Å². The van der Waals surface area contributed by atoms with Crippen LogP contribution < -0.4 is 10.1 Å². The van der Waals surface area contributed by atoms with Gasteiger partial charge in [0.15, 0.2) is 0 Å². The Morgan fingerprint density at radius 2 is 2.10 bits per heavy atom. The molecule has 0 spiro atoms. The third kappa shape index (κ3) is 6.29. The zero-order valence-electron chi connectivity index (χ0n) is 12.8. The van der Waals surface area contributed by atoms with Gasteiger partial charge in [0.2, 0.25) is 5.91 Å². The summed E-state index contributed by atoms with van der Waals surface area (Å²) in [5, 5.41) is 11.5. The second-order valence-corrected chi connectivity index (χ2v) is 5.25. The summed E-state index contributed by atoms with van der Waals surface area (Å²) < 4.78 is 5.25. The van der Waals surface area contributed by atoms with E-state index in [9.17, 15) is 9.59 Å². The number of nitrogens with one attached hydrogen (secondary N) is 1. The van der Waals surface area contributed by atoms with Gasteiger partial charge in [0.1, 0.15) is 5.75 Å². The molecule has 1 rings (SSSR count). The molecule has 1 aromatic rings. The predicted molar refractivity (Wildman–Crippen MR) is 80.5 cm³/mol. The van der Waals surface area contributed by atoms with Crippen molar-refractivity contribution in [1.29, 1.82) is 0 Å². The molecule has 0 aromatic heterocycles. The number of carbonyl (C=O) groups excluding carboxylic acids is 1. The molecular weight excluding hydrogens is 270 g/mol. The summed E-state index contributed by atoms with van der Waals surface area (Å²) >= 11 is 0. The Bertz CT molecular complexity index is 499. The summed E-state index contributed by atoms with van der Waals surface area (Å²) in [7, 11) is 1.58. The van der Waals surface area contributed by atoms with Gasteiger partial charge in [-0.1, -0.05) is 17.7 Å². The summed E-state index contributed by atoms with van der Waals surface area (Å²) in [6.07, 6.45) is 1.60. The highest BCUT2D eigenvalue weighted by atomic mass is 16.5. The first-order chi connectivity index (χ1) is 9.92. The Morgan fingerprint density at radius 3 is 2.71 bits per heavy atom. The minimum atomic E-state index is -0.807. The van der Waals surface area contributed by atoms with E-state index >= 15 is 0 Å². The zero-order chi connectivity index (χ0) is 15.8. The van der Waals surface area contributed by atoms with Crippen LogP contribution in [0.4, 0.5) is 0 Å². The molecule has 0 fully saturated rings. The number of methoxy groups -OCH3 is 1. The van der Waals surface area contributed by atoms with Crippen LogP contribution in [0.1, 0.15) is 37.3 Å². The molecule has 0 aliphatic carbocycles. The van der Waals surface area contributed by atoms with Crippen LogP contribution in [0.3, 0.4) is 0 Å². The molecule has 0 heterocycles. The molecular formula is C16H23NO4. The van der Waals surface area contributed by atoms with Crippen LogP contribution in [0, 0.1) is 6.92 Å². The number of amides is 1. The monoisotopic (exact) mass is 293 g/mol. The number of carboxylic acid groups (broad SMARTS) is 1. The van der Waals surface area contributed by atoms with E-state index in [0.717, 1.165) is 11.1 Å². The van der Waals surface area contributed by atoms with Crippen LogP contribution >= 0.6 is 0 Å². The Labute approximate surface area is 125 Å². The first kappa shape index (κ1) is 17.0. The normalized spacial score (nSPS) is 11.8. The van der Waals surface area contributed by atoms with Crippen molar-refractivity contribution in [3.05, 3.63) is 29.3 Å². The highest BCUT2D eigenvalue weighted by molar-refractivity contribution is 5.79. The topological polar surface area (TPSA) is 75.6 Å². The predicted octanol–water partition coefficient (Wildman–Crippen LogP) is 2.31. The number of hydrogen-bond donors (Lipinski definition) is 2. The third-order valence-electron chi connectivity index (χ3n) is 3.22. The maximum Gasteiger partial charge on any atom is 0.303 e. The van der Waals surface area contributed by atoms with Crippen molar-refractivity contribution in [3.8, 4) is 5.75 Å². The van der Waals surface area contributed by atoms with Crippen LogP contribution in [0.5, 0.6) is 5.75 Å². The van der Waals surface area contributed by atoms with E-state index in [0.29, 0.717) is 18.6 Å². The van der Waals surface area contributed by atoms with Crippen molar-refractivity contribution in [3.63, 3.8) is 0 Å². The highest BCUT2D eigenvalue weighted by Crippen LogP contribution is 2.20. The zero-order valence-corrected chi connectivity index (χ0v) is 12.8. The van der Waals surface area contributed by atoms with Crippen LogP contribution in [-0.2, 0) is 16.0 Å². The fourth-order valence-corrected chi connectivity index (χ4v) is 2.18. The second kappa shape index (κ2) is 8.29. The maximum atomic E-state index is 12.0. The van der Waals surface area contributed by atoms with Gasteiger partial charge in [-0.15, -0.1) is 0 Å². The first-order valence-electron chi connectivity index (χ1n) is 7.07. The van der Waals surface area contributed by atoms with Crippen LogP contribution in [0.15, 0.2) is 18.2 Å². The number of carboxylic acids is 1. The van der Waals surface area contributed by atoms with E-state index in [4.69, 9.17) is 9.84 Å². The van der Waals surface area contributed by atoms with Gasteiger partial charge in [0.05, 0.1) is 13.5 Å². The second-order valence-electron chi connectivity index (χ2n) is 5.25. The van der Waals surface area contributed by atoms with Crippen molar-refractivity contribution < 1.29 is 19.4 Å². The van der Waals surface area contributed by atoms with E-state index in [1.165, 1.54) is 0 Å². The Morgan fingerprint density at radius 1 is 1.38 bits per heavy atom. The molecule has 1 amide bonds. The molecule has 0 saturated carbocycles. The van der Waals surface area contributed by atoms with Gasteiger partial charge in [-0.25, -0.2) is 0 Å². The molecule has 0 bridgehead atoms. The molecule has 1 unspecified atom stereocenters. The van der Waals surface area contributed by atoms with E-state index in [1.807, 2.05) is 32.0 Å². The van der Waals surface area contributed by atoms with Crippen LogP contribution in [0.25, 0.3) is 0 Å². The Hall–Kier alpha value is -2.04. The Balaban J connectivity index is 2.49. The van der Waals surface area contributed by atoms with E-state index in [1.54, 1.807) is 7.11 Å². The van der Waals surface area contributed by atoms with Gasteiger partial charge >= 0.3 is 5.97 Å². The fraction of sp³-hybridized carbons (Fsp3) is 0.500. The summed E-state index contributed by atoms with van der Waals surface area (Å²) in [4.78, 5) is 22.5. The van der Waals surface area contributed by atoms with Crippen molar-refractivity contribution in [1.82, 2.24) is 5.32 Å². The molecule has 0 saturated heterocycles. The molecule has 5 nitrogen and oxygen atoms in total. The molecule has 116 valence electrons. The molecule has 21 heavy (non-hydrogen) atoms. The lowest BCUT2D eigenvalue weighted by molar-refractivity contribution is -0.137. The van der Waals surface area contributed by atoms with Crippen molar-refractivity contribution in [2.24, 2.45) is 0 Å². The molecule has 0 radical (unpaired) electrons. The number of hydrogen-bond acceptors (Lipinski definition) is 3. The number of benzene rings is 1. The summed E-state index contributed by atoms with van der Waals surface area (Å²) in [6, 6.07) is 5.70. The number of rotatable bonds is 8. The minimum absolute atomic E-state index is 0.0346. The van der Waals surface area contributed by atoms with Crippen molar-refractivity contribution in [2.75, 3.05) is 7.11 Å². The molecule has 1 aromatic carbocycles. The number of aliphatic carboxylic acids is 1. The lowest BCUT2D eigenvalue weighted by atomic mass is 10.1. The smallest absolute Gasteiger partial charge is 0.303 e. The van der Waals surface area contributed by atoms with Gasteiger partial charge in [-0.2, -0.15) is 0 Å². The van der Waals surface area contributed by atoms with Crippen LogP contribution in [-0.4, -0.2) is 30.1 Å². The summed E-state index contributed by atoms with van der Waals surface area (Å²) in [5.41, 5.74) is 1.93. The average Bonchev–Trinajstić information content (AvgIpc) is 2.38. The van der Waals surface area contributed by atoms with E-state index in [-0.39, 0.29) is 24.8 Å². The van der Waals surface area contributed by atoms with Crippen LogP contribution in [0.2, 0.25) is 0 Å². The standard InChI is InChI=1S/C16H23NO4/c1-11-7-8-14(21-3)13(9-11)10-15(18)17-12(2)5-4-6-16(19)20/h7-9,12H,4-6,10H2,1-3H3,(H,17,18)(H,19,20). The average molecular weight is 293 g/mol. The highest BCUT2D eigenvalue weighted by Gasteiger charge is 2.12. The first-order valence-corrected chi connectivity index (χ1v) is 7.07. The lowest BCUT2D eigenvalue weighted by Gasteiger charge is -2.14. The van der Waals surface area contributed by atoms with Crippen molar-refractivity contribution >= 4 is 11.9 Å². The molecule has 1 atom stereocenters. The molecule has 2 N–H and O–H groups in total. The fourth-order valence-electron chi connectivity index (χ4n) is 2.18. The maximum absolute atomic E-state index is 12.0. The number of aryl methyl sites for hydroxylation is 1. The van der Waals surface area contributed by atoms with E-state index < -0.39 is 5.97 Å². The third-order valence-corrected chi connectivity index (χ3v) is 3.22. The van der Waals surface area contributed by atoms with Crippen molar-refractivity contribution in [2.45, 2.75) is 45.6 Å². The van der Waals surface area contributed by atoms with E-state index in [2.05, 4.69) is 5.32 Å². The number of carbonyl (C=O) groups is 2. The van der Waals surface area contributed by atoms with Gasteiger partial charge in [0.25, 0.3) is 0 Å². The van der Waals surface area contributed by atoms with Gasteiger partial charge in [-0.05, 0) is 32.8 Å². The largest absolute Gasteiger partial charge is 0.496 e. The molecule has 0 aliphatic rings. The Kier molecular flexibility index (Phi) is 6.72.